The van der Waals surface area contributed by atoms with E-state index < -0.39 is 28.2 Å². The molecule has 0 bridgehead atoms. The Kier molecular flexibility index (Phi) is 5.99. The van der Waals surface area contributed by atoms with E-state index in [9.17, 15) is 24.6 Å². The summed E-state index contributed by atoms with van der Waals surface area (Å²) in [4.78, 5) is 40.1. The Morgan fingerprint density at radius 1 is 0.927 bits per heavy atom. The van der Waals surface area contributed by atoms with Crippen LogP contribution in [-0.4, -0.2) is 37.7 Å². The average Bonchev–Trinajstić information content (AvgIpc) is 3.31. The molecule has 4 fully saturated rings. The van der Waals surface area contributed by atoms with Gasteiger partial charge in [-0.2, -0.15) is 5.10 Å². The largest absolute Gasteiger partial charge is 0.481 e. The molecule has 1 aromatic heterocycles. The molecule has 5 aliphatic rings. The number of aryl methyl sites for hydroxylation is 1. The van der Waals surface area contributed by atoms with Crippen molar-refractivity contribution in [3.8, 4) is 0 Å². The number of aromatic nitrogens is 2. The van der Waals surface area contributed by atoms with Crippen molar-refractivity contribution in [1.82, 2.24) is 9.78 Å². The van der Waals surface area contributed by atoms with Gasteiger partial charge in [0.1, 0.15) is 0 Å². The Labute approximate surface area is 244 Å². The summed E-state index contributed by atoms with van der Waals surface area (Å²) < 4.78 is 1.91. The van der Waals surface area contributed by atoms with Crippen LogP contribution < -0.4 is 0 Å². The van der Waals surface area contributed by atoms with Gasteiger partial charge in [-0.1, -0.05) is 33.3 Å². The molecule has 224 valence electrons. The number of carboxylic acids is 2. The standard InChI is InChI=1S/C34H48N2O5/c1-20-10-17-35-36(20)25-9-11-31(4)24(34(25,7)28(40)41)8-12-33(6)26(31)23(37)18-21-22-19-30(3,27(38)39)14-13-29(22,2)15-16-32(21,33)5/h10,17-18,22,24-26H,8-9,11-16,19H2,1-7H3,(H,38,39)(H,40,41)/t22-,24+,25-,26+,29+,30-,31-,32+,33+,34-/m0/s1. The van der Waals surface area contributed by atoms with Gasteiger partial charge in [-0.05, 0) is 124 Å². The van der Waals surface area contributed by atoms with Crippen molar-refractivity contribution in [3.63, 3.8) is 0 Å². The number of rotatable bonds is 3. The zero-order chi connectivity index (χ0) is 30.0. The first-order chi connectivity index (χ1) is 19.0. The van der Waals surface area contributed by atoms with Crippen molar-refractivity contribution in [3.05, 3.63) is 29.6 Å². The molecule has 0 saturated heterocycles. The van der Waals surface area contributed by atoms with Crippen LogP contribution in [0.15, 0.2) is 23.9 Å². The molecule has 1 heterocycles. The predicted octanol–water partition coefficient (Wildman–Crippen LogP) is 6.86. The van der Waals surface area contributed by atoms with Gasteiger partial charge >= 0.3 is 11.9 Å². The lowest BCUT2D eigenvalue weighted by atomic mass is 9.33. The number of hydrogen-bond donors (Lipinski definition) is 2. The molecule has 5 aliphatic carbocycles. The first kappa shape index (κ1) is 28.7. The summed E-state index contributed by atoms with van der Waals surface area (Å²) in [5.74, 6) is -1.74. The number of allylic oxidation sites excluding steroid dienone is 2. The van der Waals surface area contributed by atoms with Crippen molar-refractivity contribution in [2.24, 2.45) is 50.2 Å². The van der Waals surface area contributed by atoms with E-state index in [0.717, 1.165) is 44.2 Å². The monoisotopic (exact) mass is 564 g/mol. The highest BCUT2D eigenvalue weighted by Gasteiger charge is 2.72. The molecular formula is C34H48N2O5. The maximum absolute atomic E-state index is 14.6. The van der Waals surface area contributed by atoms with Gasteiger partial charge in [0, 0.05) is 17.8 Å². The minimum Gasteiger partial charge on any atom is -0.481 e. The molecule has 0 aromatic carbocycles. The lowest BCUT2D eigenvalue weighted by Crippen LogP contribution is -2.67. The second-order valence-electron chi connectivity index (χ2n) is 16.1. The van der Waals surface area contributed by atoms with E-state index in [-0.39, 0.29) is 45.8 Å². The summed E-state index contributed by atoms with van der Waals surface area (Å²) >= 11 is 0. The van der Waals surface area contributed by atoms with E-state index in [1.54, 1.807) is 6.20 Å². The smallest absolute Gasteiger partial charge is 0.311 e. The van der Waals surface area contributed by atoms with Gasteiger partial charge in [-0.25, -0.2) is 0 Å². The van der Waals surface area contributed by atoms with Crippen LogP contribution in [0.3, 0.4) is 0 Å². The van der Waals surface area contributed by atoms with Crippen molar-refractivity contribution in [1.29, 1.82) is 0 Å². The number of hydrogen-bond acceptors (Lipinski definition) is 4. The zero-order valence-electron chi connectivity index (χ0n) is 25.9. The summed E-state index contributed by atoms with van der Waals surface area (Å²) in [5, 5.41) is 25.5. The number of carboxylic acid groups (broad SMARTS) is 2. The zero-order valence-corrected chi connectivity index (χ0v) is 25.9. The fourth-order valence-electron chi connectivity index (χ4n) is 11.4. The normalized spacial score (nSPS) is 49.1. The fraction of sp³-hybridized carbons (Fsp3) is 0.765. The van der Waals surface area contributed by atoms with E-state index in [1.165, 1.54) is 5.57 Å². The molecule has 0 amide bonds. The van der Waals surface area contributed by atoms with Crippen LogP contribution in [-0.2, 0) is 14.4 Å². The van der Waals surface area contributed by atoms with Crippen molar-refractivity contribution < 1.29 is 24.6 Å². The molecule has 4 saturated carbocycles. The second kappa shape index (κ2) is 8.57. The van der Waals surface area contributed by atoms with Crippen LogP contribution in [0.4, 0.5) is 0 Å². The number of fused-ring (bicyclic) bond motifs is 7. The van der Waals surface area contributed by atoms with Gasteiger partial charge in [-0.3, -0.25) is 19.1 Å². The number of carbonyl (C=O) groups is 3. The van der Waals surface area contributed by atoms with Gasteiger partial charge in [0.25, 0.3) is 0 Å². The average molecular weight is 565 g/mol. The summed E-state index contributed by atoms with van der Waals surface area (Å²) in [6, 6.07) is 1.67. The summed E-state index contributed by atoms with van der Waals surface area (Å²) in [7, 11) is 0. The Bertz CT molecular complexity index is 1360. The van der Waals surface area contributed by atoms with Gasteiger partial charge in [0.15, 0.2) is 5.78 Å². The summed E-state index contributed by atoms with van der Waals surface area (Å²) in [6.45, 7) is 15.0. The highest BCUT2D eigenvalue weighted by atomic mass is 16.4. The molecule has 0 aliphatic heterocycles. The van der Waals surface area contributed by atoms with Crippen LogP contribution >= 0.6 is 0 Å². The molecule has 0 spiro atoms. The van der Waals surface area contributed by atoms with E-state index in [1.807, 2.05) is 37.6 Å². The van der Waals surface area contributed by atoms with Crippen molar-refractivity contribution >= 4 is 17.7 Å². The van der Waals surface area contributed by atoms with Crippen LogP contribution in [0, 0.1) is 57.2 Å². The van der Waals surface area contributed by atoms with E-state index in [4.69, 9.17) is 0 Å². The molecule has 2 N–H and O–H groups in total. The Morgan fingerprint density at radius 2 is 1.61 bits per heavy atom. The van der Waals surface area contributed by atoms with E-state index >= 15 is 0 Å². The number of nitrogens with zero attached hydrogens (tertiary/aromatic N) is 2. The molecule has 0 radical (unpaired) electrons. The summed E-state index contributed by atoms with van der Waals surface area (Å²) in [6.07, 6.45) is 10.8. The third-order valence-electron chi connectivity index (χ3n) is 14.4. The third-order valence-corrected chi connectivity index (χ3v) is 14.4. The number of carbonyl (C=O) groups excluding carboxylic acids is 1. The molecule has 10 atom stereocenters. The molecule has 7 heteroatoms. The molecule has 1 aromatic rings. The van der Waals surface area contributed by atoms with Gasteiger partial charge < -0.3 is 10.2 Å². The molecular weight excluding hydrogens is 516 g/mol. The number of aliphatic carboxylic acids is 2. The summed E-state index contributed by atoms with van der Waals surface area (Å²) in [5.41, 5.74) is -0.664. The maximum atomic E-state index is 14.6. The Hall–Kier alpha value is -2.44. The minimum atomic E-state index is -1.05. The second-order valence-corrected chi connectivity index (χ2v) is 16.1. The lowest BCUT2D eigenvalue weighted by Gasteiger charge is -2.70. The van der Waals surface area contributed by atoms with E-state index in [2.05, 4.69) is 32.8 Å². The van der Waals surface area contributed by atoms with Crippen LogP contribution in [0.5, 0.6) is 0 Å². The lowest BCUT2D eigenvalue weighted by molar-refractivity contribution is -0.205. The predicted molar refractivity (Wildman–Crippen MR) is 155 cm³/mol. The molecule has 0 unspecified atom stereocenters. The van der Waals surface area contributed by atoms with Gasteiger partial charge in [-0.15, -0.1) is 0 Å². The van der Waals surface area contributed by atoms with Crippen LogP contribution in [0.2, 0.25) is 0 Å². The molecule has 6 rings (SSSR count). The Morgan fingerprint density at radius 3 is 2.22 bits per heavy atom. The molecule has 41 heavy (non-hydrogen) atoms. The highest BCUT2D eigenvalue weighted by Crippen LogP contribution is 2.75. The van der Waals surface area contributed by atoms with Crippen molar-refractivity contribution in [2.75, 3.05) is 0 Å². The fourth-order valence-corrected chi connectivity index (χ4v) is 11.4. The molecule has 7 nitrogen and oxygen atoms in total. The van der Waals surface area contributed by atoms with Gasteiger partial charge in [0.05, 0.1) is 16.9 Å². The number of ketones is 1. The topological polar surface area (TPSA) is 109 Å². The van der Waals surface area contributed by atoms with Gasteiger partial charge in [0.2, 0.25) is 0 Å². The maximum Gasteiger partial charge on any atom is 0.311 e. The quantitative estimate of drug-likeness (QED) is 0.415. The minimum absolute atomic E-state index is 0.00640. The Balaban J connectivity index is 1.45. The SMILES string of the molecule is Cc1ccnn1[C@H]1CC[C@@]2(C)[C@@H](CC[C@]3(C)[C@@H]2C(=O)C=C2[C@@H]4C[C@@](C)(C(=O)O)CC[C@]4(C)CC[C@]23C)[C@]1(C)C(=O)O. The third kappa shape index (κ3) is 3.44. The first-order valence-corrected chi connectivity index (χ1v) is 15.7. The first-order valence-electron chi connectivity index (χ1n) is 15.7. The van der Waals surface area contributed by atoms with E-state index in [0.29, 0.717) is 19.3 Å². The highest BCUT2D eigenvalue weighted by molar-refractivity contribution is 5.96. The van der Waals surface area contributed by atoms with Crippen LogP contribution in [0.1, 0.15) is 111 Å². The van der Waals surface area contributed by atoms with Crippen LogP contribution in [0.25, 0.3) is 0 Å². The van der Waals surface area contributed by atoms with Crippen molar-refractivity contribution in [2.45, 2.75) is 112 Å².